The number of hydrogen-bond donors (Lipinski definition) is 1. The Labute approximate surface area is 119 Å². The largest absolute Gasteiger partial charge is 0.459 e. The number of aliphatic hydroxyl groups is 1. The van der Waals surface area contributed by atoms with Crippen LogP contribution < -0.4 is 0 Å². The molecule has 0 heterocycles. The number of ether oxygens (including phenoxy) is 1. The summed E-state index contributed by atoms with van der Waals surface area (Å²) in [6.45, 7) is 6.77. The number of allylic oxidation sites excluding steroid dienone is 1. The minimum absolute atomic E-state index is 0.106. The number of aliphatic hydroxyl groups excluding tert-OH is 1. The molecule has 0 radical (unpaired) electrons. The summed E-state index contributed by atoms with van der Waals surface area (Å²) in [5, 5.41) is 9.94. The van der Waals surface area contributed by atoms with E-state index in [2.05, 4.69) is 6.58 Å². The van der Waals surface area contributed by atoms with Gasteiger partial charge in [0.1, 0.15) is 6.10 Å². The maximum atomic E-state index is 11.6. The summed E-state index contributed by atoms with van der Waals surface area (Å²) < 4.78 is 5.26. The van der Waals surface area contributed by atoms with Crippen molar-refractivity contribution in [2.75, 3.05) is 0 Å². The third-order valence-electron chi connectivity index (χ3n) is 3.26. The summed E-state index contributed by atoms with van der Waals surface area (Å²) in [6, 6.07) is 0. The highest BCUT2D eigenvalue weighted by Gasteiger charge is 2.19. The summed E-state index contributed by atoms with van der Waals surface area (Å²) in [5.41, 5.74) is 1.57. The molecule has 20 heavy (non-hydrogen) atoms. The highest BCUT2D eigenvalue weighted by molar-refractivity contribution is 5.93. The van der Waals surface area contributed by atoms with Gasteiger partial charge in [0.2, 0.25) is 0 Å². The number of esters is 1. The van der Waals surface area contributed by atoms with Crippen molar-refractivity contribution in [1.82, 2.24) is 0 Å². The number of Topliss-reactive ketones (excluding diaryl/α,β-unsaturated/α-hetero) is 1. The quantitative estimate of drug-likeness (QED) is 0.489. The van der Waals surface area contributed by atoms with Crippen LogP contribution in [0.4, 0.5) is 0 Å². The van der Waals surface area contributed by atoms with E-state index in [9.17, 15) is 14.7 Å². The number of rotatable bonds is 3. The second kappa shape index (κ2) is 7.80. The molecule has 1 aliphatic carbocycles. The van der Waals surface area contributed by atoms with Gasteiger partial charge in [-0.2, -0.15) is 0 Å². The van der Waals surface area contributed by atoms with Gasteiger partial charge in [-0.25, -0.2) is 4.79 Å². The molecule has 0 aromatic rings. The van der Waals surface area contributed by atoms with Crippen molar-refractivity contribution in [3.05, 3.63) is 36.0 Å². The van der Waals surface area contributed by atoms with E-state index >= 15 is 0 Å². The van der Waals surface area contributed by atoms with E-state index in [1.807, 2.05) is 13.0 Å². The summed E-state index contributed by atoms with van der Waals surface area (Å²) in [6.07, 6.45) is 5.92. The standard InChI is InChI=1S/C16H22O4/c1-4-16(19)20-15-7-5-6-11(2)8-14(18)9-13(10-15)12(3)17/h4,6,9,14-15,18H,1,5,7-8,10H2,2-3H3/b11-6+,13-9-/t14-,15?/m1/s1. The van der Waals surface area contributed by atoms with Gasteiger partial charge >= 0.3 is 5.97 Å². The van der Waals surface area contributed by atoms with Crippen molar-refractivity contribution in [2.24, 2.45) is 0 Å². The second-order valence-electron chi connectivity index (χ2n) is 5.11. The summed E-state index contributed by atoms with van der Waals surface area (Å²) in [4.78, 5) is 23.0. The lowest BCUT2D eigenvalue weighted by Gasteiger charge is -2.19. The lowest BCUT2D eigenvalue weighted by atomic mass is 9.95. The first kappa shape index (κ1) is 16.4. The van der Waals surface area contributed by atoms with E-state index in [-0.39, 0.29) is 11.9 Å². The highest BCUT2D eigenvalue weighted by atomic mass is 16.5. The number of carbonyl (C=O) groups is 2. The Bertz CT molecular complexity index is 445. The molecule has 0 amide bonds. The molecule has 0 aromatic carbocycles. The minimum atomic E-state index is -0.681. The van der Waals surface area contributed by atoms with Crippen LogP contribution in [0.5, 0.6) is 0 Å². The Morgan fingerprint density at radius 1 is 1.45 bits per heavy atom. The van der Waals surface area contributed by atoms with Gasteiger partial charge in [0, 0.05) is 12.5 Å². The number of ketones is 1. The van der Waals surface area contributed by atoms with Gasteiger partial charge in [-0.15, -0.1) is 0 Å². The van der Waals surface area contributed by atoms with Gasteiger partial charge in [0.05, 0.1) is 6.10 Å². The van der Waals surface area contributed by atoms with Crippen LogP contribution >= 0.6 is 0 Å². The molecule has 0 saturated heterocycles. The fourth-order valence-corrected chi connectivity index (χ4v) is 2.21. The van der Waals surface area contributed by atoms with Crippen LogP contribution in [0.1, 0.15) is 39.5 Å². The Morgan fingerprint density at radius 3 is 2.75 bits per heavy atom. The van der Waals surface area contributed by atoms with Crippen molar-refractivity contribution in [2.45, 2.75) is 51.7 Å². The van der Waals surface area contributed by atoms with E-state index < -0.39 is 12.1 Å². The van der Waals surface area contributed by atoms with Crippen molar-refractivity contribution >= 4 is 11.8 Å². The van der Waals surface area contributed by atoms with Crippen LogP contribution in [0, 0.1) is 0 Å². The second-order valence-corrected chi connectivity index (χ2v) is 5.11. The van der Waals surface area contributed by atoms with Crippen LogP contribution in [0.3, 0.4) is 0 Å². The molecular formula is C16H22O4. The van der Waals surface area contributed by atoms with E-state index in [4.69, 9.17) is 4.74 Å². The normalized spacial score (nSPS) is 29.4. The van der Waals surface area contributed by atoms with Gasteiger partial charge in [-0.1, -0.05) is 18.2 Å². The zero-order chi connectivity index (χ0) is 15.1. The monoisotopic (exact) mass is 278 g/mol. The lowest BCUT2D eigenvalue weighted by Crippen LogP contribution is -2.21. The molecule has 0 aliphatic heterocycles. The van der Waals surface area contributed by atoms with E-state index in [0.717, 1.165) is 18.1 Å². The van der Waals surface area contributed by atoms with Crippen LogP contribution in [-0.2, 0) is 14.3 Å². The molecule has 2 atom stereocenters. The molecule has 0 fully saturated rings. The summed E-state index contributed by atoms with van der Waals surface area (Å²) in [7, 11) is 0. The summed E-state index contributed by atoms with van der Waals surface area (Å²) in [5.74, 6) is -0.595. The molecule has 1 aliphatic rings. The molecule has 0 saturated carbocycles. The van der Waals surface area contributed by atoms with E-state index in [0.29, 0.717) is 24.8 Å². The van der Waals surface area contributed by atoms with Gasteiger partial charge in [0.25, 0.3) is 0 Å². The summed E-state index contributed by atoms with van der Waals surface area (Å²) >= 11 is 0. The van der Waals surface area contributed by atoms with Crippen molar-refractivity contribution in [3.63, 3.8) is 0 Å². The maximum absolute atomic E-state index is 11.6. The van der Waals surface area contributed by atoms with E-state index in [1.54, 1.807) is 6.08 Å². The predicted molar refractivity (Wildman–Crippen MR) is 77.1 cm³/mol. The third-order valence-corrected chi connectivity index (χ3v) is 3.26. The average molecular weight is 278 g/mol. The van der Waals surface area contributed by atoms with Crippen LogP contribution in [0.25, 0.3) is 0 Å². The molecule has 0 bridgehead atoms. The molecule has 1 rings (SSSR count). The zero-order valence-corrected chi connectivity index (χ0v) is 12.1. The molecule has 4 heteroatoms. The van der Waals surface area contributed by atoms with E-state index in [1.165, 1.54) is 6.92 Å². The maximum Gasteiger partial charge on any atom is 0.330 e. The SMILES string of the molecule is C=CC(=O)OC1CC/C=C(\C)C[C@@H](O)/C=C(\C(C)=O)C1. The van der Waals surface area contributed by atoms with Crippen LogP contribution in [-0.4, -0.2) is 29.1 Å². The van der Waals surface area contributed by atoms with Gasteiger partial charge in [-0.3, -0.25) is 4.79 Å². The highest BCUT2D eigenvalue weighted by Crippen LogP contribution is 2.20. The molecule has 110 valence electrons. The minimum Gasteiger partial charge on any atom is -0.459 e. The predicted octanol–water partition coefficient (Wildman–Crippen LogP) is 2.48. The first-order valence-electron chi connectivity index (χ1n) is 6.80. The zero-order valence-electron chi connectivity index (χ0n) is 12.1. The Kier molecular flexibility index (Phi) is 6.39. The fourth-order valence-electron chi connectivity index (χ4n) is 2.21. The molecule has 1 N–H and O–H groups in total. The molecular weight excluding hydrogens is 256 g/mol. The number of carbonyl (C=O) groups excluding carboxylic acids is 2. The first-order chi connectivity index (χ1) is 9.42. The van der Waals surface area contributed by atoms with Crippen molar-refractivity contribution in [1.29, 1.82) is 0 Å². The van der Waals surface area contributed by atoms with Gasteiger partial charge < -0.3 is 9.84 Å². The number of hydrogen-bond acceptors (Lipinski definition) is 4. The Hall–Kier alpha value is -1.68. The molecule has 4 nitrogen and oxygen atoms in total. The molecule has 1 unspecified atom stereocenters. The molecule has 0 spiro atoms. The molecule has 0 aromatic heterocycles. The van der Waals surface area contributed by atoms with Crippen molar-refractivity contribution < 1.29 is 19.4 Å². The average Bonchev–Trinajstić information content (AvgIpc) is 2.36. The third kappa shape index (κ3) is 5.53. The van der Waals surface area contributed by atoms with Gasteiger partial charge in [0.15, 0.2) is 5.78 Å². The fraction of sp³-hybridized carbons (Fsp3) is 0.500. The van der Waals surface area contributed by atoms with Crippen LogP contribution in [0.15, 0.2) is 36.0 Å². The van der Waals surface area contributed by atoms with Crippen LogP contribution in [0.2, 0.25) is 0 Å². The topological polar surface area (TPSA) is 63.6 Å². The Morgan fingerprint density at radius 2 is 2.15 bits per heavy atom. The smallest absolute Gasteiger partial charge is 0.330 e. The first-order valence-corrected chi connectivity index (χ1v) is 6.80. The van der Waals surface area contributed by atoms with Gasteiger partial charge in [-0.05, 0) is 44.8 Å². The Balaban J connectivity index is 2.94. The van der Waals surface area contributed by atoms with Crippen molar-refractivity contribution in [3.8, 4) is 0 Å². The lowest BCUT2D eigenvalue weighted by molar-refractivity contribution is -0.143.